The van der Waals surface area contributed by atoms with Gasteiger partial charge in [-0.15, -0.1) is 5.10 Å². The number of halogens is 1. The van der Waals surface area contributed by atoms with E-state index in [4.69, 9.17) is 16.3 Å². The molecule has 2 rings (SSSR count). The summed E-state index contributed by atoms with van der Waals surface area (Å²) in [6.45, 7) is 0.210. The first-order valence-corrected chi connectivity index (χ1v) is 6.59. The summed E-state index contributed by atoms with van der Waals surface area (Å²) in [5.41, 5.74) is 1.10. The number of ether oxygens (including phenoxy) is 1. The van der Waals surface area contributed by atoms with Crippen molar-refractivity contribution in [2.24, 2.45) is 7.05 Å². The Hall–Kier alpha value is -2.45. The molecule has 0 aliphatic heterocycles. The van der Waals surface area contributed by atoms with E-state index in [1.807, 2.05) is 18.2 Å². The third kappa shape index (κ3) is 3.77. The highest BCUT2D eigenvalue weighted by atomic mass is 35.5. The van der Waals surface area contributed by atoms with E-state index in [2.05, 4.69) is 22.3 Å². The summed E-state index contributed by atoms with van der Waals surface area (Å²) in [5.74, 6) is 5.76. The van der Waals surface area contributed by atoms with E-state index in [9.17, 15) is 4.79 Å². The number of hydrogen-bond acceptors (Lipinski definition) is 3. The molecule has 0 aliphatic rings. The zero-order valence-corrected chi connectivity index (χ0v) is 12.4. The van der Waals surface area contributed by atoms with Gasteiger partial charge in [-0.05, 0) is 12.1 Å². The Morgan fingerprint density at radius 1 is 1.48 bits per heavy atom. The van der Waals surface area contributed by atoms with E-state index in [0.717, 1.165) is 5.56 Å². The van der Waals surface area contributed by atoms with Gasteiger partial charge in [0.05, 0.1) is 18.7 Å². The van der Waals surface area contributed by atoms with Gasteiger partial charge in [-0.1, -0.05) is 35.6 Å². The molecule has 0 saturated carbocycles. The van der Waals surface area contributed by atoms with Crippen LogP contribution in [0, 0.1) is 11.8 Å². The molecule has 108 valence electrons. The lowest BCUT2D eigenvalue weighted by molar-refractivity contribution is 0.0955. The van der Waals surface area contributed by atoms with Crippen molar-refractivity contribution in [2.75, 3.05) is 13.7 Å². The molecule has 6 heteroatoms. The first-order chi connectivity index (χ1) is 10.1. The van der Waals surface area contributed by atoms with Gasteiger partial charge >= 0.3 is 0 Å². The van der Waals surface area contributed by atoms with Gasteiger partial charge in [-0.3, -0.25) is 9.48 Å². The Balaban J connectivity index is 1.98. The van der Waals surface area contributed by atoms with E-state index < -0.39 is 0 Å². The zero-order valence-electron chi connectivity index (χ0n) is 11.7. The molecular weight excluding hydrogens is 290 g/mol. The Kier molecular flexibility index (Phi) is 4.85. The third-order valence-electron chi connectivity index (χ3n) is 2.67. The molecule has 1 heterocycles. The molecule has 0 atom stereocenters. The first kappa shape index (κ1) is 14.9. The summed E-state index contributed by atoms with van der Waals surface area (Å²) in [6.07, 6.45) is 1.59. The molecule has 5 nitrogen and oxygen atoms in total. The van der Waals surface area contributed by atoms with E-state index in [1.54, 1.807) is 19.3 Å². The summed E-state index contributed by atoms with van der Waals surface area (Å²) >= 11 is 5.99. The van der Waals surface area contributed by atoms with Crippen molar-refractivity contribution in [3.63, 3.8) is 0 Å². The van der Waals surface area contributed by atoms with Gasteiger partial charge in [-0.2, -0.15) is 0 Å². The second-order valence-corrected chi connectivity index (χ2v) is 4.60. The number of carbonyl (C=O) groups is 1. The standard InChI is InChI=1S/C15H14ClN3O2/c1-19-10-12(15(18-19)21-2)14(20)17-9-5-7-11-6-3-4-8-13(11)16/h3-4,6,8,10H,9H2,1-2H3,(H,17,20). The fraction of sp³-hybridized carbons (Fsp3) is 0.200. The second-order valence-electron chi connectivity index (χ2n) is 4.19. The summed E-state index contributed by atoms with van der Waals surface area (Å²) < 4.78 is 6.55. The van der Waals surface area contributed by atoms with Crippen molar-refractivity contribution < 1.29 is 9.53 Å². The lowest BCUT2D eigenvalue weighted by Gasteiger charge is -2.00. The number of nitrogens with one attached hydrogen (secondary N) is 1. The molecule has 0 fully saturated rings. The van der Waals surface area contributed by atoms with Crippen LogP contribution in [0.3, 0.4) is 0 Å². The average molecular weight is 304 g/mol. The van der Waals surface area contributed by atoms with Gasteiger partial charge in [0.15, 0.2) is 0 Å². The van der Waals surface area contributed by atoms with Gasteiger partial charge < -0.3 is 10.1 Å². The minimum absolute atomic E-state index is 0.210. The van der Waals surface area contributed by atoms with Gasteiger partial charge in [0, 0.05) is 18.8 Å². The van der Waals surface area contributed by atoms with E-state index in [0.29, 0.717) is 10.6 Å². The highest BCUT2D eigenvalue weighted by Gasteiger charge is 2.15. The molecule has 0 spiro atoms. The number of benzene rings is 1. The second kappa shape index (κ2) is 6.82. The molecule has 2 aromatic rings. The molecular formula is C15H14ClN3O2. The topological polar surface area (TPSA) is 56.2 Å². The summed E-state index contributed by atoms with van der Waals surface area (Å²) in [6, 6.07) is 7.28. The molecule has 0 radical (unpaired) electrons. The maximum Gasteiger partial charge on any atom is 0.259 e. The van der Waals surface area contributed by atoms with E-state index in [-0.39, 0.29) is 18.3 Å². The van der Waals surface area contributed by atoms with Gasteiger partial charge in [0.1, 0.15) is 5.56 Å². The molecule has 1 aromatic heterocycles. The van der Waals surface area contributed by atoms with Gasteiger partial charge in [-0.25, -0.2) is 0 Å². The maximum absolute atomic E-state index is 12.0. The van der Waals surface area contributed by atoms with Gasteiger partial charge in [0.25, 0.3) is 5.91 Å². The largest absolute Gasteiger partial charge is 0.479 e. The summed E-state index contributed by atoms with van der Waals surface area (Å²) in [7, 11) is 3.19. The molecule has 1 aromatic carbocycles. The smallest absolute Gasteiger partial charge is 0.259 e. The van der Waals surface area contributed by atoms with Crippen LogP contribution in [-0.2, 0) is 7.05 Å². The lowest BCUT2D eigenvalue weighted by Crippen LogP contribution is -2.23. The number of aromatic nitrogens is 2. The van der Waals surface area contributed by atoms with E-state index >= 15 is 0 Å². The predicted molar refractivity (Wildman–Crippen MR) is 80.4 cm³/mol. The van der Waals surface area contributed by atoms with Crippen LogP contribution in [0.1, 0.15) is 15.9 Å². The van der Waals surface area contributed by atoms with Crippen LogP contribution in [0.15, 0.2) is 30.5 Å². The minimum Gasteiger partial charge on any atom is -0.479 e. The monoisotopic (exact) mass is 303 g/mol. The van der Waals surface area contributed by atoms with Crippen molar-refractivity contribution in [1.82, 2.24) is 15.1 Å². The highest BCUT2D eigenvalue weighted by Crippen LogP contribution is 2.14. The highest BCUT2D eigenvalue weighted by molar-refractivity contribution is 6.31. The number of nitrogens with zero attached hydrogens (tertiary/aromatic N) is 2. The quantitative estimate of drug-likeness (QED) is 0.881. The molecule has 0 unspecified atom stereocenters. The van der Waals surface area contributed by atoms with Crippen molar-refractivity contribution in [1.29, 1.82) is 0 Å². The van der Waals surface area contributed by atoms with Crippen LogP contribution in [-0.4, -0.2) is 29.3 Å². The van der Waals surface area contributed by atoms with Crippen LogP contribution in [0.2, 0.25) is 5.02 Å². The number of amides is 1. The minimum atomic E-state index is -0.284. The number of carbonyl (C=O) groups excluding carboxylic acids is 1. The SMILES string of the molecule is COc1nn(C)cc1C(=O)NCC#Cc1ccccc1Cl. The van der Waals surface area contributed by atoms with Crippen molar-refractivity contribution in [3.05, 3.63) is 46.6 Å². The molecule has 1 N–H and O–H groups in total. The van der Waals surface area contributed by atoms with Crippen LogP contribution >= 0.6 is 11.6 Å². The van der Waals surface area contributed by atoms with E-state index in [1.165, 1.54) is 11.8 Å². The zero-order chi connectivity index (χ0) is 15.2. The van der Waals surface area contributed by atoms with Gasteiger partial charge in [0.2, 0.25) is 5.88 Å². The molecule has 1 amide bonds. The molecule has 0 bridgehead atoms. The molecule has 21 heavy (non-hydrogen) atoms. The summed E-state index contributed by atoms with van der Waals surface area (Å²) in [5, 5.41) is 7.29. The fourth-order valence-electron chi connectivity index (χ4n) is 1.70. The van der Waals surface area contributed by atoms with Crippen molar-refractivity contribution in [2.45, 2.75) is 0 Å². The van der Waals surface area contributed by atoms with Crippen LogP contribution in [0.5, 0.6) is 5.88 Å². The van der Waals surface area contributed by atoms with Crippen LogP contribution < -0.4 is 10.1 Å². The normalized spacial score (nSPS) is 9.67. The molecule has 0 saturated heterocycles. The van der Waals surface area contributed by atoms with Crippen molar-refractivity contribution in [3.8, 4) is 17.7 Å². The predicted octanol–water partition coefficient (Wildman–Crippen LogP) is 1.86. The fourth-order valence-corrected chi connectivity index (χ4v) is 1.88. The summed E-state index contributed by atoms with van der Waals surface area (Å²) in [4.78, 5) is 12.0. The number of rotatable bonds is 3. The third-order valence-corrected chi connectivity index (χ3v) is 3.00. The van der Waals surface area contributed by atoms with Crippen LogP contribution in [0.4, 0.5) is 0 Å². The van der Waals surface area contributed by atoms with Crippen molar-refractivity contribution >= 4 is 17.5 Å². The molecule has 0 aliphatic carbocycles. The number of aryl methyl sites for hydroxylation is 1. The Morgan fingerprint density at radius 2 is 2.24 bits per heavy atom. The first-order valence-electron chi connectivity index (χ1n) is 6.21. The Bertz CT molecular complexity index is 713. The average Bonchev–Trinajstić information content (AvgIpc) is 2.86. The number of methoxy groups -OCH3 is 1. The lowest BCUT2D eigenvalue weighted by atomic mass is 10.2. The van der Waals surface area contributed by atoms with Crippen LogP contribution in [0.25, 0.3) is 0 Å². The number of hydrogen-bond donors (Lipinski definition) is 1. The Morgan fingerprint density at radius 3 is 2.95 bits per heavy atom. The maximum atomic E-state index is 12.0. The Labute approximate surface area is 127 Å².